The van der Waals surface area contributed by atoms with E-state index in [2.05, 4.69) is 0 Å². The lowest BCUT2D eigenvalue weighted by molar-refractivity contribution is 0.630. The Balaban J connectivity index is 3.17. The van der Waals surface area contributed by atoms with Crippen LogP contribution in [0.5, 0.6) is 0 Å². The molecule has 0 aliphatic heterocycles. The van der Waals surface area contributed by atoms with Crippen molar-refractivity contribution >= 4 is 26.6 Å². The molecule has 0 saturated heterocycles. The highest BCUT2D eigenvalue weighted by Crippen LogP contribution is 1.87. The monoisotopic (exact) mass is 116 g/mol. The van der Waals surface area contributed by atoms with Gasteiger partial charge in [0.1, 0.15) is 21.5 Å². The van der Waals surface area contributed by atoms with E-state index in [4.69, 9.17) is 15.7 Å². The molecule has 0 aliphatic rings. The van der Waals surface area contributed by atoms with Crippen LogP contribution < -0.4 is 10.9 Å². The highest BCUT2D eigenvalue weighted by Gasteiger charge is 1.90. The van der Waals surface area contributed by atoms with Crippen LogP contribution >= 0.6 is 0 Å². The van der Waals surface area contributed by atoms with Crippen LogP contribution in [0.1, 0.15) is 0 Å². The van der Waals surface area contributed by atoms with Crippen LogP contribution in [-0.4, -0.2) is 15.7 Å². The Kier molecular flexibility index (Phi) is 1.60. The average molecular weight is 116 g/mol. The van der Waals surface area contributed by atoms with Gasteiger partial charge in [0, 0.05) is 0 Å². The van der Waals surface area contributed by atoms with Crippen molar-refractivity contribution in [1.29, 1.82) is 0 Å². The Bertz CT molecular complexity index is 172. The average Bonchev–Trinajstić information content (AvgIpc) is 1.59. The van der Waals surface area contributed by atoms with Crippen molar-refractivity contribution in [3.63, 3.8) is 0 Å². The van der Waals surface area contributed by atoms with Crippen molar-refractivity contribution in [2.45, 2.75) is 0 Å². The predicted octanol–water partition coefficient (Wildman–Crippen LogP) is -0.587. The van der Waals surface area contributed by atoms with Gasteiger partial charge in [-0.3, -0.25) is 0 Å². The third-order valence-electron chi connectivity index (χ3n) is 0.942. The Morgan fingerprint density at radius 3 is 1.78 bits per heavy atom. The van der Waals surface area contributed by atoms with Gasteiger partial charge in [-0.25, -0.2) is 4.39 Å². The molecule has 0 heterocycles. The second-order valence-electron chi connectivity index (χ2n) is 1.82. The first-order chi connectivity index (χ1) is 4.18. The van der Waals surface area contributed by atoms with Gasteiger partial charge in [-0.1, -0.05) is 17.0 Å². The fourth-order valence-electron chi connectivity index (χ4n) is 0.636. The molecule has 1 aromatic carbocycles. The Morgan fingerprint density at radius 1 is 1.00 bits per heavy atom. The van der Waals surface area contributed by atoms with E-state index >= 15 is 0 Å². The highest BCUT2D eigenvalue weighted by molar-refractivity contribution is 6.37. The van der Waals surface area contributed by atoms with E-state index in [1.54, 1.807) is 0 Å². The molecule has 4 radical (unpaired) electrons. The topological polar surface area (TPSA) is 0 Å². The molecule has 0 N–H and O–H groups in total. The lowest BCUT2D eigenvalue weighted by Gasteiger charge is -1.94. The van der Waals surface area contributed by atoms with E-state index in [0.29, 0.717) is 10.9 Å². The Morgan fingerprint density at radius 2 is 1.44 bits per heavy atom. The second-order valence-corrected chi connectivity index (χ2v) is 1.82. The lowest BCUT2D eigenvalue weighted by Crippen LogP contribution is -2.13. The van der Waals surface area contributed by atoms with Gasteiger partial charge in [0.2, 0.25) is 0 Å². The minimum atomic E-state index is -0.396. The molecule has 0 saturated carbocycles. The summed E-state index contributed by atoms with van der Waals surface area (Å²) in [7, 11) is 10.5. The van der Waals surface area contributed by atoms with E-state index in [1.165, 1.54) is 18.2 Å². The number of rotatable bonds is 0. The summed E-state index contributed by atoms with van der Waals surface area (Å²) in [6.45, 7) is 0. The van der Waals surface area contributed by atoms with Gasteiger partial charge < -0.3 is 0 Å². The van der Waals surface area contributed by atoms with E-state index in [9.17, 15) is 4.39 Å². The SMILES string of the molecule is [B]c1cc([B])cc(F)c1. The van der Waals surface area contributed by atoms with Crippen LogP contribution in [-0.2, 0) is 0 Å². The molecule has 0 aromatic heterocycles. The van der Waals surface area contributed by atoms with Crippen LogP contribution in [0.2, 0.25) is 0 Å². The number of halogens is 1. The molecule has 0 aliphatic carbocycles. The summed E-state index contributed by atoms with van der Waals surface area (Å²) in [6.07, 6.45) is 0. The highest BCUT2D eigenvalue weighted by atomic mass is 19.1. The number of hydrogen-bond donors (Lipinski definition) is 0. The molecule has 0 nitrogen and oxygen atoms in total. The van der Waals surface area contributed by atoms with Crippen molar-refractivity contribution in [3.05, 3.63) is 24.0 Å². The van der Waals surface area contributed by atoms with Crippen molar-refractivity contribution < 1.29 is 4.39 Å². The van der Waals surface area contributed by atoms with Crippen LogP contribution in [0.3, 0.4) is 0 Å². The van der Waals surface area contributed by atoms with Gasteiger partial charge in [0.15, 0.2) is 0 Å². The Hall–Kier alpha value is -0.720. The van der Waals surface area contributed by atoms with Gasteiger partial charge >= 0.3 is 0 Å². The predicted molar refractivity (Wildman–Crippen MR) is 37.2 cm³/mol. The van der Waals surface area contributed by atoms with E-state index < -0.39 is 5.82 Å². The van der Waals surface area contributed by atoms with E-state index in [0.717, 1.165) is 0 Å². The van der Waals surface area contributed by atoms with Gasteiger partial charge in [0.25, 0.3) is 0 Å². The first-order valence-electron chi connectivity index (χ1n) is 2.50. The van der Waals surface area contributed by atoms with Gasteiger partial charge in [-0.2, -0.15) is 0 Å². The summed E-state index contributed by atoms with van der Waals surface area (Å²) in [5, 5.41) is 0. The smallest absolute Gasteiger partial charge is 0.122 e. The van der Waals surface area contributed by atoms with E-state index in [1.807, 2.05) is 0 Å². The largest absolute Gasteiger partial charge is 0.207 e. The zero-order valence-corrected chi connectivity index (χ0v) is 4.76. The van der Waals surface area contributed by atoms with Gasteiger partial charge in [-0.15, -0.1) is 0 Å². The molecule has 0 fully saturated rings. The van der Waals surface area contributed by atoms with Crippen LogP contribution in [0.15, 0.2) is 18.2 Å². The summed E-state index contributed by atoms with van der Waals surface area (Å²) in [5.74, 6) is -0.396. The van der Waals surface area contributed by atoms with Gasteiger partial charge in [0.05, 0.1) is 0 Å². The van der Waals surface area contributed by atoms with Crippen molar-refractivity contribution in [1.82, 2.24) is 0 Å². The fraction of sp³-hybridized carbons (Fsp3) is 0. The standard InChI is InChI=1S/C6H3B2F/c7-4-1-5(8)3-6(9)2-4/h1-3H. The zero-order valence-electron chi connectivity index (χ0n) is 4.76. The van der Waals surface area contributed by atoms with Crippen molar-refractivity contribution in [3.8, 4) is 0 Å². The summed E-state index contributed by atoms with van der Waals surface area (Å²) in [5.41, 5.74) is 0.708. The molecular weight excluding hydrogens is 113 g/mol. The maximum Gasteiger partial charge on any atom is 0.122 e. The van der Waals surface area contributed by atoms with Crippen molar-refractivity contribution in [2.75, 3.05) is 0 Å². The summed E-state index contributed by atoms with van der Waals surface area (Å²) in [6, 6.07) is 3.94. The molecule has 1 rings (SSSR count). The normalized spacial score (nSPS) is 9.44. The number of benzene rings is 1. The van der Waals surface area contributed by atoms with Crippen LogP contribution in [0.4, 0.5) is 4.39 Å². The van der Waals surface area contributed by atoms with Crippen LogP contribution in [0.25, 0.3) is 0 Å². The minimum Gasteiger partial charge on any atom is -0.207 e. The van der Waals surface area contributed by atoms with Gasteiger partial charge in [-0.05, 0) is 12.1 Å². The second kappa shape index (κ2) is 2.26. The summed E-state index contributed by atoms with van der Waals surface area (Å²) >= 11 is 0. The first kappa shape index (κ1) is 6.40. The summed E-state index contributed by atoms with van der Waals surface area (Å²) < 4.78 is 12.3. The fourth-order valence-corrected chi connectivity index (χ4v) is 0.636. The molecule has 0 bridgehead atoms. The van der Waals surface area contributed by atoms with E-state index in [-0.39, 0.29) is 0 Å². The molecule has 40 valence electrons. The van der Waals surface area contributed by atoms with Crippen LogP contribution in [0, 0.1) is 5.82 Å². The molecule has 3 heteroatoms. The number of hydrogen-bond acceptors (Lipinski definition) is 0. The Labute approximate surface area is 55.9 Å². The molecule has 0 unspecified atom stereocenters. The third kappa shape index (κ3) is 1.60. The lowest BCUT2D eigenvalue weighted by atomic mass is 9.87. The molecule has 1 aromatic rings. The third-order valence-corrected chi connectivity index (χ3v) is 0.942. The minimum absolute atomic E-state index is 0.354. The maximum atomic E-state index is 12.3. The maximum absolute atomic E-state index is 12.3. The molecule has 9 heavy (non-hydrogen) atoms. The molecule has 0 atom stereocenters. The summed E-state index contributed by atoms with van der Waals surface area (Å²) in [4.78, 5) is 0. The zero-order chi connectivity index (χ0) is 6.85. The molecule has 0 amide bonds. The van der Waals surface area contributed by atoms with Crippen molar-refractivity contribution in [2.24, 2.45) is 0 Å². The molecule has 0 spiro atoms. The first-order valence-corrected chi connectivity index (χ1v) is 2.50. The quantitative estimate of drug-likeness (QED) is 0.397. The molecular formula is C6H3B2F.